The van der Waals surface area contributed by atoms with Crippen molar-refractivity contribution in [2.45, 2.75) is 31.9 Å². The second-order valence-corrected chi connectivity index (χ2v) is 6.88. The van der Waals surface area contributed by atoms with Crippen LogP contribution in [0.5, 0.6) is 0 Å². The lowest BCUT2D eigenvalue weighted by Gasteiger charge is -2.25. The molecule has 1 fully saturated rings. The molecule has 26 heavy (non-hydrogen) atoms. The Kier molecular flexibility index (Phi) is 6.86. The van der Waals surface area contributed by atoms with Crippen molar-refractivity contribution in [3.63, 3.8) is 0 Å². The van der Waals surface area contributed by atoms with Crippen LogP contribution in [0.15, 0.2) is 48.7 Å². The highest BCUT2D eigenvalue weighted by atomic mass is 35.5. The van der Waals surface area contributed by atoms with Crippen LogP contribution in [0.1, 0.15) is 24.1 Å². The molecule has 1 saturated heterocycles. The van der Waals surface area contributed by atoms with Crippen LogP contribution in [-0.4, -0.2) is 41.7 Å². The van der Waals surface area contributed by atoms with Gasteiger partial charge in [0.05, 0.1) is 18.3 Å². The molecule has 0 radical (unpaired) electrons. The van der Waals surface area contributed by atoms with Gasteiger partial charge in [-0.25, -0.2) is 4.79 Å². The average molecular weight is 374 g/mol. The van der Waals surface area contributed by atoms with Crippen LogP contribution in [-0.2, 0) is 17.7 Å². The number of hydrogen-bond acceptors (Lipinski definition) is 3. The molecule has 0 aliphatic carbocycles. The van der Waals surface area contributed by atoms with E-state index in [0.29, 0.717) is 24.7 Å². The Morgan fingerprint density at radius 3 is 2.96 bits per heavy atom. The van der Waals surface area contributed by atoms with Crippen LogP contribution in [0.3, 0.4) is 0 Å². The summed E-state index contributed by atoms with van der Waals surface area (Å²) in [5.74, 6) is 0. The third-order valence-electron chi connectivity index (χ3n) is 4.39. The second-order valence-electron chi connectivity index (χ2n) is 6.45. The number of rotatable bonds is 7. The molecule has 1 N–H and O–H groups in total. The van der Waals surface area contributed by atoms with Crippen molar-refractivity contribution in [1.29, 1.82) is 0 Å². The highest BCUT2D eigenvalue weighted by molar-refractivity contribution is 6.30. The molecule has 3 rings (SSSR count). The number of carbonyl (C=O) groups excluding carboxylic acids is 1. The van der Waals surface area contributed by atoms with Crippen LogP contribution >= 0.6 is 11.6 Å². The Morgan fingerprint density at radius 1 is 1.31 bits per heavy atom. The molecule has 1 aliphatic rings. The number of pyridine rings is 1. The lowest BCUT2D eigenvalue weighted by molar-refractivity contribution is 0.0792. The number of nitrogens with zero attached hydrogens (tertiary/aromatic N) is 2. The quantitative estimate of drug-likeness (QED) is 0.805. The topological polar surface area (TPSA) is 54.5 Å². The predicted octanol–water partition coefficient (Wildman–Crippen LogP) is 3.67. The SMILES string of the molecule is O=C(NCCc1cccc(Cl)c1)N(Cc1ccccn1)CC1CCCO1. The average Bonchev–Trinajstić information content (AvgIpc) is 3.15. The molecule has 2 heterocycles. The third-order valence-corrected chi connectivity index (χ3v) is 4.63. The van der Waals surface area contributed by atoms with Crippen LogP contribution in [0.4, 0.5) is 4.79 Å². The van der Waals surface area contributed by atoms with E-state index < -0.39 is 0 Å². The van der Waals surface area contributed by atoms with Gasteiger partial charge >= 0.3 is 6.03 Å². The summed E-state index contributed by atoms with van der Waals surface area (Å²) in [6, 6.07) is 13.4. The van der Waals surface area contributed by atoms with E-state index in [4.69, 9.17) is 16.3 Å². The van der Waals surface area contributed by atoms with E-state index in [1.165, 1.54) is 0 Å². The molecule has 1 unspecified atom stereocenters. The van der Waals surface area contributed by atoms with E-state index in [2.05, 4.69) is 10.3 Å². The van der Waals surface area contributed by atoms with Gasteiger partial charge in [0.15, 0.2) is 0 Å². The summed E-state index contributed by atoms with van der Waals surface area (Å²) in [7, 11) is 0. The van der Waals surface area contributed by atoms with E-state index in [0.717, 1.165) is 37.1 Å². The van der Waals surface area contributed by atoms with Gasteiger partial charge in [-0.3, -0.25) is 4.98 Å². The molecule has 0 spiro atoms. The first-order valence-corrected chi connectivity index (χ1v) is 9.37. The molecular weight excluding hydrogens is 350 g/mol. The third kappa shape index (κ3) is 5.71. The number of ether oxygens (including phenoxy) is 1. The number of halogens is 1. The van der Waals surface area contributed by atoms with Gasteiger partial charge in [0.1, 0.15) is 0 Å². The molecule has 0 saturated carbocycles. The van der Waals surface area contributed by atoms with Crippen molar-refractivity contribution in [3.05, 3.63) is 64.9 Å². The van der Waals surface area contributed by atoms with Crippen molar-refractivity contribution in [3.8, 4) is 0 Å². The number of benzene rings is 1. The zero-order valence-electron chi connectivity index (χ0n) is 14.7. The molecule has 6 heteroatoms. The first-order chi connectivity index (χ1) is 12.7. The van der Waals surface area contributed by atoms with E-state index >= 15 is 0 Å². The zero-order valence-corrected chi connectivity index (χ0v) is 15.5. The predicted molar refractivity (Wildman–Crippen MR) is 102 cm³/mol. The van der Waals surface area contributed by atoms with Crippen LogP contribution in [0, 0.1) is 0 Å². The lowest BCUT2D eigenvalue weighted by Crippen LogP contribution is -2.44. The maximum absolute atomic E-state index is 12.7. The van der Waals surface area contributed by atoms with Crippen molar-refractivity contribution in [2.24, 2.45) is 0 Å². The molecule has 5 nitrogen and oxygen atoms in total. The first-order valence-electron chi connectivity index (χ1n) is 8.99. The number of nitrogens with one attached hydrogen (secondary N) is 1. The summed E-state index contributed by atoms with van der Waals surface area (Å²) in [6.45, 7) is 2.39. The first kappa shape index (κ1) is 18.7. The second kappa shape index (κ2) is 9.55. The fourth-order valence-corrected chi connectivity index (χ4v) is 3.27. The van der Waals surface area contributed by atoms with Crippen LogP contribution < -0.4 is 5.32 Å². The fourth-order valence-electron chi connectivity index (χ4n) is 3.06. The maximum Gasteiger partial charge on any atom is 0.317 e. The van der Waals surface area contributed by atoms with Crippen molar-refractivity contribution in [1.82, 2.24) is 15.2 Å². The lowest BCUT2D eigenvalue weighted by atomic mass is 10.1. The summed E-state index contributed by atoms with van der Waals surface area (Å²) in [6.07, 6.45) is 4.64. The normalized spacial score (nSPS) is 16.4. The number of hydrogen-bond donors (Lipinski definition) is 1. The van der Waals surface area contributed by atoms with Gasteiger partial charge in [-0.1, -0.05) is 29.8 Å². The molecule has 1 aromatic carbocycles. The molecule has 0 bridgehead atoms. The van der Waals surface area contributed by atoms with E-state index in [9.17, 15) is 4.79 Å². The van der Waals surface area contributed by atoms with Gasteiger partial charge in [0.2, 0.25) is 0 Å². The van der Waals surface area contributed by atoms with E-state index in [1.807, 2.05) is 42.5 Å². The van der Waals surface area contributed by atoms with Gasteiger partial charge in [-0.15, -0.1) is 0 Å². The minimum absolute atomic E-state index is 0.0896. The van der Waals surface area contributed by atoms with Gasteiger partial charge in [-0.05, 0) is 49.1 Å². The summed E-state index contributed by atoms with van der Waals surface area (Å²) in [5.41, 5.74) is 1.98. The van der Waals surface area contributed by atoms with Crippen molar-refractivity contribution in [2.75, 3.05) is 19.7 Å². The maximum atomic E-state index is 12.7. The largest absolute Gasteiger partial charge is 0.376 e. The van der Waals surface area contributed by atoms with Gasteiger partial charge in [0.25, 0.3) is 0 Å². The van der Waals surface area contributed by atoms with Crippen LogP contribution in [0.2, 0.25) is 5.02 Å². The van der Waals surface area contributed by atoms with Crippen molar-refractivity contribution >= 4 is 17.6 Å². The number of amides is 2. The van der Waals surface area contributed by atoms with Crippen molar-refractivity contribution < 1.29 is 9.53 Å². The highest BCUT2D eigenvalue weighted by Gasteiger charge is 2.22. The minimum atomic E-state index is -0.0896. The minimum Gasteiger partial charge on any atom is -0.376 e. The van der Waals surface area contributed by atoms with Gasteiger partial charge in [-0.2, -0.15) is 0 Å². The Labute approximate surface area is 159 Å². The summed E-state index contributed by atoms with van der Waals surface area (Å²) >= 11 is 6.01. The Morgan fingerprint density at radius 2 is 2.23 bits per heavy atom. The molecule has 1 aliphatic heterocycles. The van der Waals surface area contributed by atoms with Crippen LogP contribution in [0.25, 0.3) is 0 Å². The Balaban J connectivity index is 1.56. The molecule has 1 aromatic heterocycles. The summed E-state index contributed by atoms with van der Waals surface area (Å²) in [5, 5.41) is 3.72. The number of urea groups is 1. The van der Waals surface area contributed by atoms with E-state index in [1.54, 1.807) is 11.1 Å². The van der Waals surface area contributed by atoms with Gasteiger partial charge < -0.3 is 15.0 Å². The molecule has 138 valence electrons. The molecule has 1 atom stereocenters. The monoisotopic (exact) mass is 373 g/mol. The highest BCUT2D eigenvalue weighted by Crippen LogP contribution is 2.15. The summed E-state index contributed by atoms with van der Waals surface area (Å²) in [4.78, 5) is 18.8. The zero-order chi connectivity index (χ0) is 18.2. The standard InChI is InChI=1S/C20H24ClN3O2/c21-17-6-3-5-16(13-17)9-11-23-20(25)24(15-19-8-4-12-26-19)14-18-7-1-2-10-22-18/h1-3,5-7,10,13,19H,4,8-9,11-12,14-15H2,(H,23,25). The van der Waals surface area contributed by atoms with E-state index in [-0.39, 0.29) is 12.1 Å². The molecular formula is C20H24ClN3O2. The Hall–Kier alpha value is -2.11. The molecule has 2 amide bonds. The Bertz CT molecular complexity index is 705. The summed E-state index contributed by atoms with van der Waals surface area (Å²) < 4.78 is 5.70. The number of aromatic nitrogens is 1. The number of carbonyl (C=O) groups is 1. The fraction of sp³-hybridized carbons (Fsp3) is 0.400. The molecule has 2 aromatic rings. The van der Waals surface area contributed by atoms with Gasteiger partial charge in [0, 0.05) is 30.9 Å². The smallest absolute Gasteiger partial charge is 0.317 e.